The maximum atomic E-state index is 13.1. The number of allylic oxidation sites excluding steroid dienone is 2. The number of rotatable bonds is 1. The van der Waals surface area contributed by atoms with Gasteiger partial charge in [0.1, 0.15) is 5.78 Å². The molecule has 0 amide bonds. The maximum absolute atomic E-state index is 13.1. The standard InChI is InChI=1S/C16H24O2/c1-12-6-3-7-13-8-4-9-15(18-2)10-5-11-16(12,15)14(13)17/h3,7,12-13H,4-6,8-11H2,1-2H3/t12-,13-,15+,16+/m1/s1. The molecule has 2 bridgehead atoms. The van der Waals surface area contributed by atoms with Crippen molar-refractivity contribution in [1.29, 1.82) is 0 Å². The molecule has 1 spiro atoms. The summed E-state index contributed by atoms with van der Waals surface area (Å²) in [6.07, 6.45) is 11.9. The van der Waals surface area contributed by atoms with Gasteiger partial charge < -0.3 is 4.74 Å². The van der Waals surface area contributed by atoms with E-state index in [2.05, 4.69) is 19.1 Å². The van der Waals surface area contributed by atoms with E-state index in [-0.39, 0.29) is 16.9 Å². The van der Waals surface area contributed by atoms with Crippen LogP contribution in [0.25, 0.3) is 0 Å². The molecule has 2 heteroatoms. The van der Waals surface area contributed by atoms with Gasteiger partial charge in [-0.25, -0.2) is 0 Å². The third kappa shape index (κ3) is 1.36. The molecule has 0 unspecified atom stereocenters. The predicted octanol–water partition coefficient (Wildman–Crippen LogP) is 3.51. The van der Waals surface area contributed by atoms with Crippen LogP contribution in [0.3, 0.4) is 0 Å². The van der Waals surface area contributed by atoms with E-state index in [1.165, 1.54) is 0 Å². The lowest BCUT2D eigenvalue weighted by Gasteiger charge is -2.46. The summed E-state index contributed by atoms with van der Waals surface area (Å²) in [5.74, 6) is 1.07. The molecule has 0 aromatic carbocycles. The normalized spacial score (nSPS) is 47.6. The molecular weight excluding hydrogens is 224 g/mol. The fourth-order valence-corrected chi connectivity index (χ4v) is 5.03. The lowest BCUT2D eigenvalue weighted by atomic mass is 9.61. The largest absolute Gasteiger partial charge is 0.377 e. The molecule has 3 aliphatic rings. The molecule has 18 heavy (non-hydrogen) atoms. The summed E-state index contributed by atoms with van der Waals surface area (Å²) in [5, 5.41) is 0. The zero-order chi connectivity index (χ0) is 12.8. The number of hydrogen-bond acceptors (Lipinski definition) is 2. The van der Waals surface area contributed by atoms with Gasteiger partial charge in [-0.3, -0.25) is 4.79 Å². The molecule has 3 rings (SSSR count). The number of Topliss-reactive ketones (excluding diaryl/α,β-unsaturated/α-hetero) is 1. The van der Waals surface area contributed by atoms with E-state index in [0.29, 0.717) is 11.7 Å². The molecule has 0 aromatic rings. The third-order valence-electron chi connectivity index (χ3n) is 5.93. The summed E-state index contributed by atoms with van der Waals surface area (Å²) >= 11 is 0. The Morgan fingerprint density at radius 3 is 2.83 bits per heavy atom. The molecule has 2 nitrogen and oxygen atoms in total. The number of carbonyl (C=O) groups is 1. The van der Waals surface area contributed by atoms with E-state index < -0.39 is 0 Å². The molecule has 3 aliphatic carbocycles. The van der Waals surface area contributed by atoms with E-state index in [9.17, 15) is 4.79 Å². The highest BCUT2D eigenvalue weighted by Crippen LogP contribution is 2.60. The fraction of sp³-hybridized carbons (Fsp3) is 0.812. The van der Waals surface area contributed by atoms with Gasteiger partial charge in [-0.05, 0) is 50.9 Å². The van der Waals surface area contributed by atoms with Crippen molar-refractivity contribution in [3.63, 3.8) is 0 Å². The van der Waals surface area contributed by atoms with Gasteiger partial charge in [-0.1, -0.05) is 19.1 Å². The van der Waals surface area contributed by atoms with Crippen LogP contribution in [0.4, 0.5) is 0 Å². The number of ketones is 1. The smallest absolute Gasteiger partial charge is 0.149 e. The van der Waals surface area contributed by atoms with Gasteiger partial charge in [0.15, 0.2) is 0 Å². The van der Waals surface area contributed by atoms with Crippen molar-refractivity contribution in [2.24, 2.45) is 17.3 Å². The molecule has 0 aliphatic heterocycles. The highest BCUT2D eigenvalue weighted by molar-refractivity contribution is 5.91. The van der Waals surface area contributed by atoms with Gasteiger partial charge in [0.2, 0.25) is 0 Å². The molecule has 0 saturated heterocycles. The fourth-order valence-electron chi connectivity index (χ4n) is 5.03. The number of carbonyl (C=O) groups excluding carboxylic acids is 1. The molecule has 2 fully saturated rings. The zero-order valence-corrected chi connectivity index (χ0v) is 11.6. The van der Waals surface area contributed by atoms with Crippen molar-refractivity contribution in [1.82, 2.24) is 0 Å². The Bertz CT molecular complexity index is 387. The summed E-state index contributed by atoms with van der Waals surface area (Å²) in [5.41, 5.74) is -0.364. The molecule has 0 N–H and O–H groups in total. The molecule has 0 radical (unpaired) electrons. The minimum atomic E-state index is -0.202. The van der Waals surface area contributed by atoms with Crippen LogP contribution in [0.2, 0.25) is 0 Å². The molecule has 0 heterocycles. The Labute approximate surface area is 110 Å². The van der Waals surface area contributed by atoms with E-state index in [4.69, 9.17) is 4.74 Å². The second-order valence-electron chi connectivity index (χ2n) is 6.45. The van der Waals surface area contributed by atoms with E-state index in [1.807, 2.05) is 7.11 Å². The van der Waals surface area contributed by atoms with Gasteiger partial charge in [0, 0.05) is 13.0 Å². The average molecular weight is 248 g/mol. The lowest BCUT2D eigenvalue weighted by Crippen LogP contribution is -2.54. The third-order valence-corrected chi connectivity index (χ3v) is 5.93. The summed E-state index contributed by atoms with van der Waals surface area (Å²) < 4.78 is 6.01. The Hall–Kier alpha value is -0.630. The topological polar surface area (TPSA) is 26.3 Å². The monoisotopic (exact) mass is 248 g/mol. The minimum absolute atomic E-state index is 0.157. The van der Waals surface area contributed by atoms with E-state index in [1.54, 1.807) is 0 Å². The molecule has 0 aromatic heterocycles. The van der Waals surface area contributed by atoms with Crippen LogP contribution in [-0.4, -0.2) is 18.5 Å². The highest BCUT2D eigenvalue weighted by atomic mass is 16.5. The number of ether oxygens (including phenoxy) is 1. The van der Waals surface area contributed by atoms with Gasteiger partial charge in [-0.2, -0.15) is 0 Å². The molecular formula is C16H24O2. The first kappa shape index (κ1) is 12.4. The number of hydrogen-bond donors (Lipinski definition) is 0. The van der Waals surface area contributed by atoms with Crippen molar-refractivity contribution in [2.75, 3.05) is 7.11 Å². The summed E-state index contributed by atoms with van der Waals surface area (Å²) in [7, 11) is 1.83. The van der Waals surface area contributed by atoms with Crippen LogP contribution in [0.1, 0.15) is 51.9 Å². The van der Waals surface area contributed by atoms with Gasteiger partial charge in [-0.15, -0.1) is 0 Å². The first-order valence-corrected chi connectivity index (χ1v) is 7.42. The average Bonchev–Trinajstić information content (AvgIpc) is 2.66. The second-order valence-corrected chi connectivity index (χ2v) is 6.45. The Morgan fingerprint density at radius 1 is 1.28 bits per heavy atom. The highest BCUT2D eigenvalue weighted by Gasteiger charge is 2.63. The summed E-state index contributed by atoms with van der Waals surface area (Å²) in [4.78, 5) is 13.1. The van der Waals surface area contributed by atoms with Gasteiger partial charge in [0.05, 0.1) is 11.0 Å². The first-order chi connectivity index (χ1) is 8.66. The SMILES string of the molecule is CO[C@]12CCC[C@H]3C=CC[C@@H](C)[C@@]1(CCC2)C3=O. The Kier molecular flexibility index (Phi) is 2.89. The van der Waals surface area contributed by atoms with Crippen molar-refractivity contribution >= 4 is 5.78 Å². The number of fused-ring (bicyclic) bond motifs is 1. The minimum Gasteiger partial charge on any atom is -0.377 e. The molecule has 4 atom stereocenters. The summed E-state index contributed by atoms with van der Waals surface area (Å²) in [6, 6.07) is 0. The Morgan fingerprint density at radius 2 is 2.06 bits per heavy atom. The van der Waals surface area contributed by atoms with Crippen LogP contribution in [0.15, 0.2) is 12.2 Å². The first-order valence-electron chi connectivity index (χ1n) is 7.42. The van der Waals surface area contributed by atoms with E-state index in [0.717, 1.165) is 44.9 Å². The predicted molar refractivity (Wildman–Crippen MR) is 71.3 cm³/mol. The van der Waals surface area contributed by atoms with Crippen molar-refractivity contribution in [2.45, 2.75) is 57.5 Å². The second kappa shape index (κ2) is 4.19. The van der Waals surface area contributed by atoms with Crippen LogP contribution in [0, 0.1) is 17.3 Å². The van der Waals surface area contributed by atoms with Crippen LogP contribution in [0.5, 0.6) is 0 Å². The molecule has 2 saturated carbocycles. The van der Waals surface area contributed by atoms with Gasteiger partial charge >= 0.3 is 0 Å². The quantitative estimate of drug-likeness (QED) is 0.664. The lowest BCUT2D eigenvalue weighted by molar-refractivity contribution is -0.158. The van der Waals surface area contributed by atoms with Gasteiger partial charge in [0.25, 0.3) is 0 Å². The number of methoxy groups -OCH3 is 1. The van der Waals surface area contributed by atoms with Crippen molar-refractivity contribution in [3.05, 3.63) is 12.2 Å². The van der Waals surface area contributed by atoms with Crippen LogP contribution < -0.4 is 0 Å². The maximum Gasteiger partial charge on any atom is 0.149 e. The van der Waals surface area contributed by atoms with E-state index >= 15 is 0 Å². The zero-order valence-electron chi connectivity index (χ0n) is 11.6. The van der Waals surface area contributed by atoms with Crippen LogP contribution >= 0.6 is 0 Å². The molecule has 100 valence electrons. The van der Waals surface area contributed by atoms with Crippen molar-refractivity contribution in [3.8, 4) is 0 Å². The van der Waals surface area contributed by atoms with Crippen molar-refractivity contribution < 1.29 is 9.53 Å². The summed E-state index contributed by atoms with van der Waals surface area (Å²) in [6.45, 7) is 2.26. The van der Waals surface area contributed by atoms with Crippen LogP contribution in [-0.2, 0) is 9.53 Å². The Balaban J connectivity index is 2.15.